The van der Waals surface area contributed by atoms with Crippen LogP contribution in [-0.2, 0) is 0 Å². The Labute approximate surface area is 89.4 Å². The first-order chi connectivity index (χ1) is 6.78. The van der Waals surface area contributed by atoms with Gasteiger partial charge in [-0.3, -0.25) is 0 Å². The molecule has 0 aliphatic rings. The minimum atomic E-state index is 0.647. The number of hydrogen-bond donors (Lipinski definition) is 1. The molecule has 0 radical (unpaired) electrons. The third-order valence-electron chi connectivity index (χ3n) is 2.82. The van der Waals surface area contributed by atoms with Gasteiger partial charge >= 0.3 is 0 Å². The number of nitrogens with one attached hydrogen (secondary N) is 1. The average molecular weight is 198 g/mol. The lowest BCUT2D eigenvalue weighted by Crippen LogP contribution is -2.32. The van der Waals surface area contributed by atoms with Crippen molar-refractivity contribution in [3.05, 3.63) is 12.7 Å². The van der Waals surface area contributed by atoms with Gasteiger partial charge in [-0.05, 0) is 45.9 Å². The van der Waals surface area contributed by atoms with E-state index >= 15 is 0 Å². The summed E-state index contributed by atoms with van der Waals surface area (Å²) in [7, 11) is 2.05. The van der Waals surface area contributed by atoms with Crippen molar-refractivity contribution in [2.75, 3.05) is 26.7 Å². The molecule has 1 unspecified atom stereocenters. The van der Waals surface area contributed by atoms with Crippen LogP contribution < -0.4 is 5.32 Å². The van der Waals surface area contributed by atoms with E-state index < -0.39 is 0 Å². The summed E-state index contributed by atoms with van der Waals surface area (Å²) >= 11 is 0. The van der Waals surface area contributed by atoms with E-state index in [0.29, 0.717) is 6.04 Å². The van der Waals surface area contributed by atoms with Gasteiger partial charge in [-0.2, -0.15) is 0 Å². The van der Waals surface area contributed by atoms with Gasteiger partial charge in [0.05, 0.1) is 0 Å². The summed E-state index contributed by atoms with van der Waals surface area (Å²) in [5.41, 5.74) is 0. The van der Waals surface area contributed by atoms with Crippen molar-refractivity contribution in [3.8, 4) is 0 Å². The van der Waals surface area contributed by atoms with Crippen LogP contribution in [0.2, 0.25) is 0 Å². The van der Waals surface area contributed by atoms with Crippen LogP contribution in [0.5, 0.6) is 0 Å². The topological polar surface area (TPSA) is 15.3 Å². The Bertz CT molecular complexity index is 130. The standard InChI is InChI=1S/C12H26N2/c1-5-8-9-12(13-4)10-11-14(6-2)7-3/h5,12-13H,1,6-11H2,2-4H3. The molecule has 14 heavy (non-hydrogen) atoms. The average Bonchev–Trinajstić information content (AvgIpc) is 2.23. The summed E-state index contributed by atoms with van der Waals surface area (Å²) < 4.78 is 0. The van der Waals surface area contributed by atoms with Gasteiger partial charge in [-0.1, -0.05) is 19.9 Å². The van der Waals surface area contributed by atoms with Crippen molar-refractivity contribution in [2.45, 2.75) is 39.2 Å². The van der Waals surface area contributed by atoms with Crippen molar-refractivity contribution in [1.29, 1.82) is 0 Å². The van der Waals surface area contributed by atoms with Crippen LogP contribution in [0.4, 0.5) is 0 Å². The minimum Gasteiger partial charge on any atom is -0.317 e. The Hall–Kier alpha value is -0.340. The highest BCUT2D eigenvalue weighted by Crippen LogP contribution is 2.03. The van der Waals surface area contributed by atoms with Crippen LogP contribution in [0.15, 0.2) is 12.7 Å². The molecule has 0 aromatic rings. The van der Waals surface area contributed by atoms with Crippen molar-refractivity contribution in [1.82, 2.24) is 10.2 Å². The lowest BCUT2D eigenvalue weighted by molar-refractivity contribution is 0.281. The first kappa shape index (κ1) is 13.7. The predicted octanol–water partition coefficient (Wildman–Crippen LogP) is 2.27. The third kappa shape index (κ3) is 6.17. The van der Waals surface area contributed by atoms with E-state index in [0.717, 1.165) is 19.5 Å². The number of hydrogen-bond acceptors (Lipinski definition) is 2. The molecule has 0 bridgehead atoms. The summed E-state index contributed by atoms with van der Waals surface area (Å²) in [5, 5.41) is 3.37. The predicted molar refractivity (Wildman–Crippen MR) is 64.7 cm³/mol. The Morgan fingerprint density at radius 3 is 2.36 bits per heavy atom. The zero-order valence-corrected chi connectivity index (χ0v) is 10.1. The van der Waals surface area contributed by atoms with Gasteiger partial charge in [-0.15, -0.1) is 6.58 Å². The maximum atomic E-state index is 3.76. The molecular formula is C12H26N2. The quantitative estimate of drug-likeness (QED) is 0.572. The molecule has 0 saturated heterocycles. The van der Waals surface area contributed by atoms with Crippen LogP contribution in [0, 0.1) is 0 Å². The summed E-state index contributed by atoms with van der Waals surface area (Å²) in [6, 6.07) is 0.647. The summed E-state index contributed by atoms with van der Waals surface area (Å²) in [6.45, 7) is 11.7. The van der Waals surface area contributed by atoms with Crippen molar-refractivity contribution in [3.63, 3.8) is 0 Å². The van der Waals surface area contributed by atoms with Gasteiger partial charge in [0, 0.05) is 6.04 Å². The normalized spacial score (nSPS) is 13.1. The van der Waals surface area contributed by atoms with Crippen LogP contribution in [-0.4, -0.2) is 37.6 Å². The van der Waals surface area contributed by atoms with Crippen LogP contribution in [0.25, 0.3) is 0 Å². The molecule has 1 N–H and O–H groups in total. The Kier molecular flexibility index (Phi) is 9.00. The molecule has 2 nitrogen and oxygen atoms in total. The van der Waals surface area contributed by atoms with Crippen molar-refractivity contribution in [2.24, 2.45) is 0 Å². The Morgan fingerprint density at radius 1 is 1.29 bits per heavy atom. The Morgan fingerprint density at radius 2 is 1.93 bits per heavy atom. The van der Waals surface area contributed by atoms with E-state index in [4.69, 9.17) is 0 Å². The van der Waals surface area contributed by atoms with Gasteiger partial charge in [-0.25, -0.2) is 0 Å². The third-order valence-corrected chi connectivity index (χ3v) is 2.82. The van der Waals surface area contributed by atoms with Gasteiger partial charge in [0.2, 0.25) is 0 Å². The maximum absolute atomic E-state index is 3.76. The van der Waals surface area contributed by atoms with Crippen molar-refractivity contribution < 1.29 is 0 Å². The molecule has 0 rings (SSSR count). The van der Waals surface area contributed by atoms with Gasteiger partial charge in [0.25, 0.3) is 0 Å². The molecule has 0 heterocycles. The fraction of sp³-hybridized carbons (Fsp3) is 0.833. The summed E-state index contributed by atoms with van der Waals surface area (Å²) in [4.78, 5) is 2.47. The van der Waals surface area contributed by atoms with E-state index in [1.165, 1.54) is 19.4 Å². The number of nitrogens with zero attached hydrogens (tertiary/aromatic N) is 1. The van der Waals surface area contributed by atoms with E-state index in [2.05, 4.69) is 37.7 Å². The highest BCUT2D eigenvalue weighted by molar-refractivity contribution is 4.73. The smallest absolute Gasteiger partial charge is 0.00791 e. The Balaban J connectivity index is 3.64. The van der Waals surface area contributed by atoms with Crippen LogP contribution in [0.3, 0.4) is 0 Å². The highest BCUT2D eigenvalue weighted by atomic mass is 15.1. The second kappa shape index (κ2) is 9.22. The van der Waals surface area contributed by atoms with Crippen LogP contribution >= 0.6 is 0 Å². The monoisotopic (exact) mass is 198 g/mol. The molecule has 0 amide bonds. The first-order valence-corrected chi connectivity index (χ1v) is 5.78. The lowest BCUT2D eigenvalue weighted by atomic mass is 10.1. The molecule has 0 spiro atoms. The van der Waals surface area contributed by atoms with Gasteiger partial charge in [0.1, 0.15) is 0 Å². The molecule has 84 valence electrons. The second-order valence-electron chi connectivity index (χ2n) is 3.67. The number of allylic oxidation sites excluding steroid dienone is 1. The van der Waals surface area contributed by atoms with Crippen molar-refractivity contribution >= 4 is 0 Å². The molecule has 0 aliphatic carbocycles. The molecule has 0 saturated carbocycles. The number of rotatable bonds is 9. The maximum Gasteiger partial charge on any atom is 0.00791 e. The SMILES string of the molecule is C=CCCC(CCN(CC)CC)NC. The van der Waals surface area contributed by atoms with Gasteiger partial charge in [0.15, 0.2) is 0 Å². The molecule has 0 aromatic carbocycles. The fourth-order valence-electron chi connectivity index (χ4n) is 1.63. The molecule has 0 fully saturated rings. The molecule has 2 heteroatoms. The lowest BCUT2D eigenvalue weighted by Gasteiger charge is -2.22. The van der Waals surface area contributed by atoms with Crippen LogP contribution in [0.1, 0.15) is 33.1 Å². The van der Waals surface area contributed by atoms with E-state index in [1.807, 2.05) is 6.08 Å². The second-order valence-corrected chi connectivity index (χ2v) is 3.67. The van der Waals surface area contributed by atoms with E-state index in [1.54, 1.807) is 0 Å². The first-order valence-electron chi connectivity index (χ1n) is 5.78. The molecule has 1 atom stereocenters. The minimum absolute atomic E-state index is 0.647. The van der Waals surface area contributed by atoms with E-state index in [-0.39, 0.29) is 0 Å². The fourth-order valence-corrected chi connectivity index (χ4v) is 1.63. The molecule has 0 aliphatic heterocycles. The zero-order chi connectivity index (χ0) is 10.8. The molecule has 0 aromatic heterocycles. The highest BCUT2D eigenvalue weighted by Gasteiger charge is 2.06. The zero-order valence-electron chi connectivity index (χ0n) is 10.1. The largest absolute Gasteiger partial charge is 0.317 e. The summed E-state index contributed by atoms with van der Waals surface area (Å²) in [5.74, 6) is 0. The summed E-state index contributed by atoms with van der Waals surface area (Å²) in [6.07, 6.45) is 5.57. The van der Waals surface area contributed by atoms with Gasteiger partial charge < -0.3 is 10.2 Å². The van der Waals surface area contributed by atoms with E-state index in [9.17, 15) is 0 Å². The molecular weight excluding hydrogens is 172 g/mol.